The first-order valence-corrected chi connectivity index (χ1v) is 9.96. The lowest BCUT2D eigenvalue weighted by Crippen LogP contribution is -1.86. The van der Waals surface area contributed by atoms with E-state index in [1.165, 1.54) is 11.3 Å². The zero-order valence-electron chi connectivity index (χ0n) is 15.1. The summed E-state index contributed by atoms with van der Waals surface area (Å²) < 4.78 is 11.2. The number of aromatic nitrogens is 2. The largest absolute Gasteiger partial charge is 0.456 e. The molecule has 0 atom stereocenters. The second-order valence-electron chi connectivity index (χ2n) is 6.06. The Labute approximate surface area is 171 Å². The molecule has 0 amide bonds. The van der Waals surface area contributed by atoms with Crippen LogP contribution in [0, 0.1) is 0 Å². The lowest BCUT2D eigenvalue weighted by Gasteiger charge is -2.07. The number of aliphatic hydroxyl groups excluding tert-OH is 1. The Bertz CT molecular complexity index is 1090. The number of ether oxygens (including phenoxy) is 1. The molecule has 2 aromatic carbocycles. The van der Waals surface area contributed by atoms with Gasteiger partial charge in [-0.05, 0) is 54.4 Å². The van der Waals surface area contributed by atoms with Crippen molar-refractivity contribution in [3.63, 3.8) is 0 Å². The van der Waals surface area contributed by atoms with E-state index in [-0.39, 0.29) is 6.61 Å². The molecule has 2 heterocycles. The van der Waals surface area contributed by atoms with Crippen LogP contribution < -0.4 is 4.74 Å². The smallest absolute Gasteiger partial charge is 0.258 e. The van der Waals surface area contributed by atoms with Crippen LogP contribution in [0.1, 0.15) is 17.4 Å². The summed E-state index contributed by atoms with van der Waals surface area (Å²) in [4.78, 5) is 6.34. The highest BCUT2D eigenvalue weighted by Crippen LogP contribution is 2.34. The van der Waals surface area contributed by atoms with Crippen molar-refractivity contribution >= 4 is 22.9 Å². The molecular weight excluding hydrogens is 396 g/mol. The van der Waals surface area contributed by atoms with Gasteiger partial charge in [-0.2, -0.15) is 4.98 Å². The van der Waals surface area contributed by atoms with Crippen LogP contribution in [0.4, 0.5) is 0 Å². The van der Waals surface area contributed by atoms with Crippen molar-refractivity contribution < 1.29 is 14.4 Å². The molecule has 0 aliphatic heterocycles. The van der Waals surface area contributed by atoms with Gasteiger partial charge < -0.3 is 14.4 Å². The normalized spacial score (nSPS) is 11.0. The Morgan fingerprint density at radius 2 is 1.93 bits per heavy atom. The quantitative estimate of drug-likeness (QED) is 0.422. The fourth-order valence-corrected chi connectivity index (χ4v) is 3.98. The fourth-order valence-electron chi connectivity index (χ4n) is 2.77. The molecule has 0 spiro atoms. The predicted octanol–water partition coefficient (Wildman–Crippen LogP) is 5.97. The van der Waals surface area contributed by atoms with Crippen LogP contribution in [0.5, 0.6) is 11.5 Å². The van der Waals surface area contributed by atoms with Crippen molar-refractivity contribution in [2.24, 2.45) is 0 Å². The monoisotopic (exact) mass is 412 g/mol. The average molecular weight is 413 g/mol. The molecule has 0 aliphatic carbocycles. The van der Waals surface area contributed by atoms with Gasteiger partial charge in [0.15, 0.2) is 0 Å². The molecule has 4 rings (SSSR count). The highest BCUT2D eigenvalue weighted by Gasteiger charge is 2.16. The van der Waals surface area contributed by atoms with E-state index >= 15 is 0 Å². The summed E-state index contributed by atoms with van der Waals surface area (Å²) in [5, 5.41) is 14.0. The lowest BCUT2D eigenvalue weighted by molar-refractivity contribution is 0.285. The molecule has 0 unspecified atom stereocenters. The third-order valence-corrected chi connectivity index (χ3v) is 5.66. The number of rotatable bonds is 6. The Kier molecular flexibility index (Phi) is 5.43. The third-order valence-electron chi connectivity index (χ3n) is 4.19. The first-order valence-electron chi connectivity index (χ1n) is 8.77. The van der Waals surface area contributed by atoms with Crippen LogP contribution >= 0.6 is 22.9 Å². The van der Waals surface area contributed by atoms with Gasteiger partial charge >= 0.3 is 0 Å². The predicted molar refractivity (Wildman–Crippen MR) is 110 cm³/mol. The summed E-state index contributed by atoms with van der Waals surface area (Å²) in [5.74, 6) is 2.23. The van der Waals surface area contributed by atoms with E-state index in [2.05, 4.69) is 17.1 Å². The highest BCUT2D eigenvalue weighted by molar-refractivity contribution is 7.15. The molecule has 0 saturated carbocycles. The Balaban J connectivity index is 1.56. The van der Waals surface area contributed by atoms with Crippen LogP contribution in [0.15, 0.2) is 59.1 Å². The van der Waals surface area contributed by atoms with E-state index in [1.807, 2.05) is 48.5 Å². The number of aryl methyl sites for hydroxylation is 1. The van der Waals surface area contributed by atoms with Crippen LogP contribution in [0.25, 0.3) is 22.2 Å². The summed E-state index contributed by atoms with van der Waals surface area (Å²) in [6, 6.07) is 16.7. The van der Waals surface area contributed by atoms with Gasteiger partial charge in [0.25, 0.3) is 5.89 Å². The number of benzene rings is 2. The van der Waals surface area contributed by atoms with Crippen LogP contribution in [-0.4, -0.2) is 15.2 Å². The van der Waals surface area contributed by atoms with Gasteiger partial charge in [-0.15, -0.1) is 11.3 Å². The van der Waals surface area contributed by atoms with Gasteiger partial charge in [0.05, 0.1) is 16.5 Å². The molecule has 0 aliphatic rings. The highest BCUT2D eigenvalue weighted by atomic mass is 35.5. The fraction of sp³-hybridized carbons (Fsp3) is 0.143. The Hall–Kier alpha value is -2.67. The van der Waals surface area contributed by atoms with Crippen molar-refractivity contribution in [1.29, 1.82) is 0 Å². The Morgan fingerprint density at radius 1 is 1.14 bits per heavy atom. The number of nitrogens with zero attached hydrogens (tertiary/aromatic N) is 2. The van der Waals surface area contributed by atoms with Crippen LogP contribution in [0.2, 0.25) is 5.02 Å². The first kappa shape index (κ1) is 18.7. The van der Waals surface area contributed by atoms with Gasteiger partial charge in [0.2, 0.25) is 5.82 Å². The van der Waals surface area contributed by atoms with Gasteiger partial charge in [0.1, 0.15) is 11.5 Å². The number of hydrogen-bond donors (Lipinski definition) is 1. The van der Waals surface area contributed by atoms with Crippen molar-refractivity contribution in [2.75, 3.05) is 0 Å². The molecule has 0 saturated heterocycles. The summed E-state index contributed by atoms with van der Waals surface area (Å²) in [6.45, 7) is 2.07. The Morgan fingerprint density at radius 3 is 2.64 bits per heavy atom. The molecule has 4 aromatic rings. The average Bonchev–Trinajstić information content (AvgIpc) is 3.37. The standard InChI is InChI=1S/C21H17ClN2O3S/c1-2-13-11-16(12-25)28-19(13)20-23-21(27-24-20)14-7-9-15(10-8-14)26-18-6-4-3-5-17(18)22/h3-11,25H,2,12H2,1H3. The molecule has 0 bridgehead atoms. The maximum Gasteiger partial charge on any atom is 0.258 e. The molecular formula is C21H17ClN2O3S. The van der Waals surface area contributed by atoms with Crippen molar-refractivity contribution in [1.82, 2.24) is 10.1 Å². The molecule has 5 nitrogen and oxygen atoms in total. The molecule has 7 heteroatoms. The number of para-hydroxylation sites is 1. The first-order chi connectivity index (χ1) is 13.7. The summed E-state index contributed by atoms with van der Waals surface area (Å²) in [7, 11) is 0. The van der Waals surface area contributed by atoms with Gasteiger partial charge in [0, 0.05) is 10.4 Å². The minimum absolute atomic E-state index is 0.00919. The van der Waals surface area contributed by atoms with Crippen LogP contribution in [0.3, 0.4) is 0 Å². The third kappa shape index (κ3) is 3.80. The minimum atomic E-state index is 0.00919. The number of aliphatic hydroxyl groups is 1. The summed E-state index contributed by atoms with van der Waals surface area (Å²) >= 11 is 7.61. The lowest BCUT2D eigenvalue weighted by atomic mass is 10.2. The topological polar surface area (TPSA) is 68.4 Å². The summed E-state index contributed by atoms with van der Waals surface area (Å²) in [5.41, 5.74) is 1.90. The maximum atomic E-state index is 9.38. The van der Waals surface area contributed by atoms with E-state index < -0.39 is 0 Å². The molecule has 0 radical (unpaired) electrons. The number of thiophene rings is 1. The number of hydrogen-bond acceptors (Lipinski definition) is 6. The molecule has 28 heavy (non-hydrogen) atoms. The minimum Gasteiger partial charge on any atom is -0.456 e. The van der Waals surface area contributed by atoms with Crippen LogP contribution in [-0.2, 0) is 13.0 Å². The maximum absolute atomic E-state index is 9.38. The second kappa shape index (κ2) is 8.14. The van der Waals surface area contributed by atoms with Crippen molar-refractivity contribution in [3.05, 3.63) is 70.1 Å². The zero-order valence-corrected chi connectivity index (χ0v) is 16.6. The van der Waals surface area contributed by atoms with Gasteiger partial charge in [-0.1, -0.05) is 35.8 Å². The van der Waals surface area contributed by atoms with E-state index in [4.69, 9.17) is 20.9 Å². The van der Waals surface area contributed by atoms with Gasteiger partial charge in [-0.25, -0.2) is 0 Å². The summed E-state index contributed by atoms with van der Waals surface area (Å²) in [6.07, 6.45) is 0.837. The van der Waals surface area contributed by atoms with E-state index in [0.29, 0.717) is 28.2 Å². The van der Waals surface area contributed by atoms with E-state index in [1.54, 1.807) is 6.07 Å². The SMILES string of the molecule is CCc1cc(CO)sc1-c1noc(-c2ccc(Oc3ccccc3Cl)cc2)n1. The zero-order chi connectivity index (χ0) is 19.5. The molecule has 1 N–H and O–H groups in total. The molecule has 142 valence electrons. The van der Waals surface area contributed by atoms with E-state index in [9.17, 15) is 5.11 Å². The van der Waals surface area contributed by atoms with Crippen molar-refractivity contribution in [2.45, 2.75) is 20.0 Å². The second-order valence-corrected chi connectivity index (χ2v) is 7.60. The molecule has 2 aromatic heterocycles. The molecule has 0 fully saturated rings. The van der Waals surface area contributed by atoms with E-state index in [0.717, 1.165) is 27.3 Å². The van der Waals surface area contributed by atoms with Gasteiger partial charge in [-0.3, -0.25) is 0 Å². The van der Waals surface area contributed by atoms with Crippen molar-refractivity contribution in [3.8, 4) is 33.7 Å². The number of halogens is 1.